The second kappa shape index (κ2) is 7.91. The average molecular weight is 354 g/mol. The lowest BCUT2D eigenvalue weighted by atomic mass is 10.1. The zero-order valence-electron chi connectivity index (χ0n) is 14.6. The number of aryl methyl sites for hydroxylation is 1. The van der Waals surface area contributed by atoms with Gasteiger partial charge in [0.25, 0.3) is 0 Å². The molecule has 6 heteroatoms. The molecule has 1 atom stereocenters. The van der Waals surface area contributed by atoms with Crippen molar-refractivity contribution < 1.29 is 19.4 Å². The molecule has 3 rings (SSSR count). The van der Waals surface area contributed by atoms with Crippen LogP contribution in [0.4, 0.5) is 10.5 Å². The number of rotatable bonds is 4. The fraction of sp³-hybridized carbons (Fsp3) is 0.300. The monoisotopic (exact) mass is 354 g/mol. The molecule has 2 amide bonds. The molecule has 2 N–H and O–H groups in total. The number of aromatic hydroxyl groups is 1. The van der Waals surface area contributed by atoms with Crippen molar-refractivity contribution in [3.8, 4) is 5.75 Å². The van der Waals surface area contributed by atoms with Crippen molar-refractivity contribution in [3.63, 3.8) is 0 Å². The highest BCUT2D eigenvalue weighted by atomic mass is 16.6. The van der Waals surface area contributed by atoms with Gasteiger partial charge in [0.1, 0.15) is 18.4 Å². The van der Waals surface area contributed by atoms with Crippen molar-refractivity contribution in [2.45, 2.75) is 32.4 Å². The Bertz CT molecular complexity index is 792. The first-order chi connectivity index (χ1) is 12.5. The molecule has 0 aromatic heterocycles. The van der Waals surface area contributed by atoms with E-state index in [-0.39, 0.29) is 18.3 Å². The van der Waals surface area contributed by atoms with Crippen LogP contribution in [0.15, 0.2) is 48.5 Å². The minimum Gasteiger partial charge on any atom is -0.506 e. The number of carbonyl (C=O) groups is 2. The molecule has 1 saturated heterocycles. The van der Waals surface area contributed by atoms with Crippen LogP contribution in [0.1, 0.15) is 24.0 Å². The van der Waals surface area contributed by atoms with Gasteiger partial charge in [0.15, 0.2) is 0 Å². The second-order valence-electron chi connectivity index (χ2n) is 6.40. The van der Waals surface area contributed by atoms with Crippen molar-refractivity contribution in [2.75, 3.05) is 11.9 Å². The number of nitrogens with one attached hydrogen (secondary N) is 1. The number of hydrogen-bond donors (Lipinski definition) is 2. The summed E-state index contributed by atoms with van der Waals surface area (Å²) in [6, 6.07) is 13.8. The first-order valence-electron chi connectivity index (χ1n) is 8.62. The SMILES string of the molecule is Cc1ccc(NC(=O)[C@@H]2CCCN2C(=O)OCc2ccccc2)c(O)c1. The number of phenolic OH excluding ortho intramolecular Hbond substituents is 1. The predicted molar refractivity (Wildman–Crippen MR) is 97.8 cm³/mol. The van der Waals surface area contributed by atoms with Crippen LogP contribution in [0.25, 0.3) is 0 Å². The van der Waals surface area contributed by atoms with Crippen LogP contribution in [0.2, 0.25) is 0 Å². The predicted octanol–water partition coefficient (Wildman–Crippen LogP) is 3.44. The lowest BCUT2D eigenvalue weighted by molar-refractivity contribution is -0.120. The first-order valence-corrected chi connectivity index (χ1v) is 8.62. The number of amides is 2. The topological polar surface area (TPSA) is 78.9 Å². The van der Waals surface area contributed by atoms with E-state index in [0.717, 1.165) is 17.5 Å². The summed E-state index contributed by atoms with van der Waals surface area (Å²) in [7, 11) is 0. The second-order valence-corrected chi connectivity index (χ2v) is 6.40. The Morgan fingerprint density at radius 1 is 1.23 bits per heavy atom. The zero-order valence-corrected chi connectivity index (χ0v) is 14.6. The van der Waals surface area contributed by atoms with Gasteiger partial charge in [-0.3, -0.25) is 9.69 Å². The number of carbonyl (C=O) groups excluding carboxylic acids is 2. The molecule has 0 bridgehead atoms. The summed E-state index contributed by atoms with van der Waals surface area (Å²) in [4.78, 5) is 26.4. The molecule has 1 fully saturated rings. The van der Waals surface area contributed by atoms with E-state index in [1.165, 1.54) is 4.90 Å². The molecular weight excluding hydrogens is 332 g/mol. The molecule has 0 aliphatic carbocycles. The van der Waals surface area contributed by atoms with Gasteiger partial charge in [-0.05, 0) is 43.0 Å². The maximum Gasteiger partial charge on any atom is 0.410 e. The van der Waals surface area contributed by atoms with Gasteiger partial charge in [0.2, 0.25) is 5.91 Å². The molecule has 0 unspecified atom stereocenters. The molecule has 1 aliphatic heterocycles. The van der Waals surface area contributed by atoms with E-state index in [1.54, 1.807) is 18.2 Å². The highest BCUT2D eigenvalue weighted by molar-refractivity contribution is 5.97. The van der Waals surface area contributed by atoms with E-state index in [2.05, 4.69) is 5.32 Å². The van der Waals surface area contributed by atoms with Gasteiger partial charge in [-0.15, -0.1) is 0 Å². The molecule has 1 aliphatic rings. The fourth-order valence-electron chi connectivity index (χ4n) is 3.02. The summed E-state index contributed by atoms with van der Waals surface area (Å²) >= 11 is 0. The molecule has 0 saturated carbocycles. The molecule has 2 aromatic carbocycles. The van der Waals surface area contributed by atoms with Crippen molar-refractivity contribution in [2.24, 2.45) is 0 Å². The first kappa shape index (κ1) is 17.8. The van der Waals surface area contributed by atoms with Crippen LogP contribution in [-0.2, 0) is 16.1 Å². The fourth-order valence-corrected chi connectivity index (χ4v) is 3.02. The van der Waals surface area contributed by atoms with E-state index >= 15 is 0 Å². The summed E-state index contributed by atoms with van der Waals surface area (Å²) in [6.45, 7) is 2.50. The summed E-state index contributed by atoms with van der Waals surface area (Å²) in [5.41, 5.74) is 2.13. The third-order valence-corrected chi connectivity index (χ3v) is 4.41. The van der Waals surface area contributed by atoms with E-state index in [9.17, 15) is 14.7 Å². The minimum absolute atomic E-state index is 0.00884. The number of anilines is 1. The zero-order chi connectivity index (χ0) is 18.5. The average Bonchev–Trinajstić information content (AvgIpc) is 3.13. The Morgan fingerprint density at radius 3 is 2.73 bits per heavy atom. The largest absolute Gasteiger partial charge is 0.506 e. The molecule has 136 valence electrons. The highest BCUT2D eigenvalue weighted by Crippen LogP contribution is 2.26. The number of benzene rings is 2. The molecule has 6 nitrogen and oxygen atoms in total. The van der Waals surface area contributed by atoms with Crippen LogP contribution < -0.4 is 5.32 Å². The standard InChI is InChI=1S/C20H22N2O4/c1-14-9-10-16(18(23)12-14)21-19(24)17-8-5-11-22(17)20(25)26-13-15-6-3-2-4-7-15/h2-4,6-7,9-10,12,17,23H,5,8,11,13H2,1H3,(H,21,24)/t17-/m0/s1. The highest BCUT2D eigenvalue weighted by Gasteiger charge is 2.35. The minimum atomic E-state index is -0.598. The summed E-state index contributed by atoms with van der Waals surface area (Å²) in [5.74, 6) is -0.312. The Morgan fingerprint density at radius 2 is 2.00 bits per heavy atom. The van der Waals surface area contributed by atoms with Gasteiger partial charge in [0.05, 0.1) is 5.69 Å². The Balaban J connectivity index is 1.61. The Hall–Kier alpha value is -3.02. The van der Waals surface area contributed by atoms with Crippen molar-refractivity contribution in [1.29, 1.82) is 0 Å². The summed E-state index contributed by atoms with van der Waals surface area (Å²) < 4.78 is 5.34. The van der Waals surface area contributed by atoms with Gasteiger partial charge >= 0.3 is 6.09 Å². The quantitative estimate of drug-likeness (QED) is 0.825. The van der Waals surface area contributed by atoms with Gasteiger partial charge < -0.3 is 15.2 Å². The van der Waals surface area contributed by atoms with E-state index < -0.39 is 12.1 Å². The Labute approximate surface area is 152 Å². The number of ether oxygens (including phenoxy) is 1. The van der Waals surface area contributed by atoms with Crippen LogP contribution in [0.3, 0.4) is 0 Å². The lowest BCUT2D eigenvalue weighted by Crippen LogP contribution is -2.43. The van der Waals surface area contributed by atoms with Crippen LogP contribution >= 0.6 is 0 Å². The molecular formula is C20H22N2O4. The molecule has 0 radical (unpaired) electrons. The maximum atomic E-state index is 12.6. The third kappa shape index (κ3) is 4.14. The number of hydrogen-bond acceptors (Lipinski definition) is 4. The van der Waals surface area contributed by atoms with Gasteiger partial charge in [-0.1, -0.05) is 36.4 Å². The molecule has 1 heterocycles. The van der Waals surface area contributed by atoms with Crippen LogP contribution in [-0.4, -0.2) is 34.6 Å². The number of likely N-dealkylation sites (tertiary alicyclic amines) is 1. The van der Waals surface area contributed by atoms with E-state index in [0.29, 0.717) is 18.7 Å². The molecule has 26 heavy (non-hydrogen) atoms. The summed E-state index contributed by atoms with van der Waals surface area (Å²) in [6.07, 6.45) is 0.803. The van der Waals surface area contributed by atoms with Gasteiger partial charge in [0, 0.05) is 6.54 Å². The smallest absolute Gasteiger partial charge is 0.410 e. The Kier molecular flexibility index (Phi) is 5.41. The van der Waals surface area contributed by atoms with Crippen molar-refractivity contribution >= 4 is 17.7 Å². The van der Waals surface area contributed by atoms with Gasteiger partial charge in [-0.2, -0.15) is 0 Å². The number of nitrogens with zero attached hydrogens (tertiary/aromatic N) is 1. The molecule has 2 aromatic rings. The number of phenols is 1. The third-order valence-electron chi connectivity index (χ3n) is 4.41. The maximum absolute atomic E-state index is 12.6. The van der Waals surface area contributed by atoms with Crippen molar-refractivity contribution in [3.05, 3.63) is 59.7 Å². The van der Waals surface area contributed by atoms with Gasteiger partial charge in [-0.25, -0.2) is 4.79 Å². The van der Waals surface area contributed by atoms with Crippen LogP contribution in [0.5, 0.6) is 5.75 Å². The van der Waals surface area contributed by atoms with E-state index in [4.69, 9.17) is 4.74 Å². The molecule has 0 spiro atoms. The van der Waals surface area contributed by atoms with Crippen LogP contribution in [0, 0.1) is 6.92 Å². The normalized spacial score (nSPS) is 16.3. The van der Waals surface area contributed by atoms with Crippen molar-refractivity contribution in [1.82, 2.24) is 4.90 Å². The summed E-state index contributed by atoms with van der Waals surface area (Å²) in [5, 5.41) is 12.6. The van der Waals surface area contributed by atoms with E-state index in [1.807, 2.05) is 37.3 Å². The lowest BCUT2D eigenvalue weighted by Gasteiger charge is -2.23.